The number of hydrogen-bond donors (Lipinski definition) is 1. The summed E-state index contributed by atoms with van der Waals surface area (Å²) in [7, 11) is 2.01. The summed E-state index contributed by atoms with van der Waals surface area (Å²) in [6.45, 7) is 4.22. The van der Waals surface area contributed by atoms with Crippen molar-refractivity contribution in [1.82, 2.24) is 14.9 Å². The van der Waals surface area contributed by atoms with E-state index in [1.54, 1.807) is 0 Å². The van der Waals surface area contributed by atoms with Gasteiger partial charge in [0.2, 0.25) is 0 Å². The van der Waals surface area contributed by atoms with Gasteiger partial charge in [-0.15, -0.1) is 0 Å². The Morgan fingerprint density at radius 2 is 2.12 bits per heavy atom. The van der Waals surface area contributed by atoms with Crippen molar-refractivity contribution in [3.63, 3.8) is 0 Å². The third-order valence-electron chi connectivity index (χ3n) is 3.15. The summed E-state index contributed by atoms with van der Waals surface area (Å²) in [4.78, 5) is 4.29. The molecule has 0 fully saturated rings. The third-order valence-corrected chi connectivity index (χ3v) is 3.15. The molecule has 1 heterocycles. The molecule has 90 valence electrons. The zero-order valence-electron chi connectivity index (χ0n) is 10.6. The maximum Gasteiger partial charge on any atom is 0.110 e. The molecule has 2 aromatic rings. The quantitative estimate of drug-likeness (QED) is 0.873. The Bertz CT molecular complexity index is 484. The van der Waals surface area contributed by atoms with Crippen LogP contribution in [0, 0.1) is 6.92 Å². The molecular weight excluding hydrogens is 210 g/mol. The number of nitrogens with one attached hydrogen (secondary N) is 1. The minimum absolute atomic E-state index is 0.382. The molecule has 3 nitrogen and oxygen atoms in total. The van der Waals surface area contributed by atoms with E-state index in [4.69, 9.17) is 0 Å². The number of rotatable bonds is 4. The topological polar surface area (TPSA) is 29.9 Å². The molecule has 0 aliphatic carbocycles. The molecule has 1 atom stereocenters. The zero-order valence-corrected chi connectivity index (χ0v) is 10.6. The van der Waals surface area contributed by atoms with Gasteiger partial charge in [-0.05, 0) is 32.0 Å². The number of benzene rings is 1. The van der Waals surface area contributed by atoms with Crippen molar-refractivity contribution < 1.29 is 0 Å². The predicted molar refractivity (Wildman–Crippen MR) is 70.4 cm³/mol. The molecule has 1 aromatic heterocycles. The van der Waals surface area contributed by atoms with Crippen LogP contribution >= 0.6 is 0 Å². The second-order valence-electron chi connectivity index (χ2n) is 4.15. The normalized spacial score (nSPS) is 12.6. The predicted octanol–water partition coefficient (Wildman–Crippen LogP) is 2.85. The van der Waals surface area contributed by atoms with E-state index in [-0.39, 0.29) is 0 Å². The summed E-state index contributed by atoms with van der Waals surface area (Å²) < 4.78 is 2.13. The van der Waals surface area contributed by atoms with Gasteiger partial charge < -0.3 is 9.88 Å². The van der Waals surface area contributed by atoms with Gasteiger partial charge in [0.15, 0.2) is 0 Å². The third kappa shape index (κ3) is 2.24. The molecule has 3 heteroatoms. The van der Waals surface area contributed by atoms with E-state index in [1.807, 2.05) is 26.4 Å². The van der Waals surface area contributed by atoms with Crippen LogP contribution in [0.1, 0.15) is 30.8 Å². The largest absolute Gasteiger partial charge is 0.313 e. The van der Waals surface area contributed by atoms with Crippen molar-refractivity contribution in [2.45, 2.75) is 26.3 Å². The highest BCUT2D eigenvalue weighted by atomic mass is 15.1. The van der Waals surface area contributed by atoms with Crippen LogP contribution in [-0.4, -0.2) is 16.6 Å². The molecule has 1 unspecified atom stereocenters. The van der Waals surface area contributed by atoms with Gasteiger partial charge in [0.05, 0.1) is 5.69 Å². The van der Waals surface area contributed by atoms with E-state index >= 15 is 0 Å². The van der Waals surface area contributed by atoms with E-state index in [0.717, 1.165) is 12.2 Å². The van der Waals surface area contributed by atoms with Crippen LogP contribution < -0.4 is 5.32 Å². The van der Waals surface area contributed by atoms with Crippen LogP contribution in [0.2, 0.25) is 0 Å². The molecule has 0 aliphatic heterocycles. The monoisotopic (exact) mass is 229 g/mol. The van der Waals surface area contributed by atoms with Crippen molar-refractivity contribution in [2.75, 3.05) is 7.05 Å². The van der Waals surface area contributed by atoms with E-state index in [9.17, 15) is 0 Å². The molecule has 1 aromatic carbocycles. The van der Waals surface area contributed by atoms with Gasteiger partial charge in [-0.1, -0.05) is 25.1 Å². The van der Waals surface area contributed by atoms with Gasteiger partial charge in [0.1, 0.15) is 5.82 Å². The first kappa shape index (κ1) is 11.9. The summed E-state index contributed by atoms with van der Waals surface area (Å²) in [6, 6.07) is 8.86. The van der Waals surface area contributed by atoms with Crippen molar-refractivity contribution in [2.24, 2.45) is 0 Å². The highest BCUT2D eigenvalue weighted by molar-refractivity contribution is 5.43. The van der Waals surface area contributed by atoms with Crippen LogP contribution in [0.4, 0.5) is 0 Å². The van der Waals surface area contributed by atoms with Crippen LogP contribution in [-0.2, 0) is 0 Å². The molecular formula is C14H19N3. The van der Waals surface area contributed by atoms with Crippen molar-refractivity contribution in [3.8, 4) is 5.69 Å². The lowest BCUT2D eigenvalue weighted by molar-refractivity contribution is 0.574. The average molecular weight is 229 g/mol. The molecule has 2 rings (SSSR count). The SMILES string of the molecule is CCC(NC)c1ccccc1-n1ccnc1C. The Morgan fingerprint density at radius 3 is 2.71 bits per heavy atom. The van der Waals surface area contributed by atoms with Crippen LogP contribution in [0.5, 0.6) is 0 Å². The van der Waals surface area contributed by atoms with Gasteiger partial charge in [-0.25, -0.2) is 4.98 Å². The van der Waals surface area contributed by atoms with Crippen LogP contribution in [0.25, 0.3) is 5.69 Å². The Balaban J connectivity index is 2.51. The van der Waals surface area contributed by atoms with E-state index in [1.165, 1.54) is 11.3 Å². The first-order chi connectivity index (χ1) is 8.27. The number of aromatic nitrogens is 2. The fourth-order valence-corrected chi connectivity index (χ4v) is 2.21. The smallest absolute Gasteiger partial charge is 0.110 e. The zero-order chi connectivity index (χ0) is 12.3. The number of para-hydroxylation sites is 1. The fourth-order valence-electron chi connectivity index (χ4n) is 2.21. The van der Waals surface area contributed by atoms with Crippen LogP contribution in [0.15, 0.2) is 36.7 Å². The van der Waals surface area contributed by atoms with Crippen molar-refractivity contribution in [3.05, 3.63) is 48.0 Å². The lowest BCUT2D eigenvalue weighted by Crippen LogP contribution is -2.17. The first-order valence-electron chi connectivity index (χ1n) is 6.04. The summed E-state index contributed by atoms with van der Waals surface area (Å²) in [5.74, 6) is 1.02. The maximum atomic E-state index is 4.29. The maximum absolute atomic E-state index is 4.29. The summed E-state index contributed by atoms with van der Waals surface area (Å²) in [6.07, 6.45) is 4.92. The highest BCUT2D eigenvalue weighted by Gasteiger charge is 2.13. The minimum atomic E-state index is 0.382. The number of nitrogens with zero attached hydrogens (tertiary/aromatic N) is 2. The van der Waals surface area contributed by atoms with Crippen molar-refractivity contribution in [1.29, 1.82) is 0 Å². The second-order valence-corrected chi connectivity index (χ2v) is 4.15. The molecule has 0 saturated heterocycles. The molecule has 0 aliphatic rings. The molecule has 0 amide bonds. The second kappa shape index (κ2) is 5.15. The Kier molecular flexibility index (Phi) is 3.59. The Labute approximate surface area is 103 Å². The minimum Gasteiger partial charge on any atom is -0.313 e. The summed E-state index contributed by atoms with van der Waals surface area (Å²) in [5.41, 5.74) is 2.53. The molecule has 0 saturated carbocycles. The lowest BCUT2D eigenvalue weighted by Gasteiger charge is -2.19. The summed E-state index contributed by atoms with van der Waals surface area (Å²) in [5, 5.41) is 3.36. The van der Waals surface area contributed by atoms with E-state index in [2.05, 4.69) is 46.1 Å². The van der Waals surface area contributed by atoms with E-state index < -0.39 is 0 Å². The lowest BCUT2D eigenvalue weighted by atomic mass is 10.0. The Hall–Kier alpha value is -1.61. The van der Waals surface area contributed by atoms with Gasteiger partial charge in [-0.2, -0.15) is 0 Å². The number of aryl methyl sites for hydroxylation is 1. The van der Waals surface area contributed by atoms with Gasteiger partial charge >= 0.3 is 0 Å². The standard InChI is InChI=1S/C14H19N3/c1-4-13(15-3)12-7-5-6-8-14(12)17-10-9-16-11(17)2/h5-10,13,15H,4H2,1-3H3. The van der Waals surface area contributed by atoms with E-state index in [0.29, 0.717) is 6.04 Å². The van der Waals surface area contributed by atoms with Gasteiger partial charge in [0.25, 0.3) is 0 Å². The summed E-state index contributed by atoms with van der Waals surface area (Å²) >= 11 is 0. The molecule has 1 N–H and O–H groups in total. The molecule has 0 spiro atoms. The first-order valence-corrected chi connectivity index (χ1v) is 6.04. The van der Waals surface area contributed by atoms with Crippen LogP contribution in [0.3, 0.4) is 0 Å². The number of hydrogen-bond acceptors (Lipinski definition) is 2. The fraction of sp³-hybridized carbons (Fsp3) is 0.357. The molecule has 0 bridgehead atoms. The van der Waals surface area contributed by atoms with Crippen molar-refractivity contribution >= 4 is 0 Å². The molecule has 0 radical (unpaired) electrons. The highest BCUT2D eigenvalue weighted by Crippen LogP contribution is 2.24. The van der Waals surface area contributed by atoms with Gasteiger partial charge in [-0.3, -0.25) is 0 Å². The Morgan fingerprint density at radius 1 is 1.35 bits per heavy atom. The number of imidazole rings is 1. The molecule has 17 heavy (non-hydrogen) atoms. The average Bonchev–Trinajstić information content (AvgIpc) is 2.78. The van der Waals surface area contributed by atoms with Gasteiger partial charge in [0, 0.05) is 18.4 Å².